The smallest absolute Gasteiger partial charge is 0.200 e. The number of ether oxygens (including phenoxy) is 1. The van der Waals surface area contributed by atoms with Gasteiger partial charge in [-0.1, -0.05) is 18.2 Å². The molecule has 146 valence electrons. The van der Waals surface area contributed by atoms with Crippen LogP contribution in [-0.4, -0.2) is 11.7 Å². The highest BCUT2D eigenvalue weighted by Crippen LogP contribution is 2.43. The van der Waals surface area contributed by atoms with Crippen LogP contribution in [0.1, 0.15) is 74.2 Å². The molecule has 1 saturated carbocycles. The molecule has 2 aromatic rings. The molecule has 0 radical (unpaired) electrons. The van der Waals surface area contributed by atoms with Crippen LogP contribution in [-0.2, 0) is 0 Å². The zero-order valence-electron chi connectivity index (χ0n) is 15.6. The molecule has 1 atom stereocenters. The summed E-state index contributed by atoms with van der Waals surface area (Å²) in [4.78, 5) is 0. The normalized spacial score (nSPS) is 21.1. The molecule has 1 unspecified atom stereocenters. The van der Waals surface area contributed by atoms with E-state index >= 15 is 0 Å². The molecule has 2 aromatic carbocycles. The van der Waals surface area contributed by atoms with E-state index in [1.165, 1.54) is 12.1 Å². The predicted molar refractivity (Wildman–Crippen MR) is 98.5 cm³/mol. The molecule has 5 heteroatoms. The summed E-state index contributed by atoms with van der Waals surface area (Å²) in [5.74, 6) is -2.16. The molecule has 1 fully saturated rings. The Bertz CT molecular complexity index is 796. The lowest BCUT2D eigenvalue weighted by Gasteiger charge is -2.30. The highest BCUT2D eigenvalue weighted by Gasteiger charge is 2.28. The molecule has 2 nitrogen and oxygen atoms in total. The van der Waals surface area contributed by atoms with Gasteiger partial charge in [-0.15, -0.1) is 0 Å². The molecule has 0 spiro atoms. The number of aliphatic hydroxyl groups is 1. The number of halogens is 3. The average molecular weight is 378 g/mol. The van der Waals surface area contributed by atoms with Crippen molar-refractivity contribution in [3.8, 4) is 5.75 Å². The largest absolute Gasteiger partial charge is 0.491 e. The van der Waals surface area contributed by atoms with Gasteiger partial charge in [0.2, 0.25) is 5.82 Å². The Morgan fingerprint density at radius 3 is 2.11 bits per heavy atom. The topological polar surface area (TPSA) is 29.5 Å². The van der Waals surface area contributed by atoms with Crippen molar-refractivity contribution in [3.05, 3.63) is 64.5 Å². The molecule has 1 aliphatic carbocycles. The van der Waals surface area contributed by atoms with Crippen LogP contribution in [0.5, 0.6) is 5.75 Å². The summed E-state index contributed by atoms with van der Waals surface area (Å²) in [6.45, 7) is 3.60. The maximum absolute atomic E-state index is 14.4. The van der Waals surface area contributed by atoms with E-state index in [0.29, 0.717) is 42.4 Å². The number of benzene rings is 2. The maximum atomic E-state index is 14.4. The van der Waals surface area contributed by atoms with E-state index in [4.69, 9.17) is 4.74 Å². The van der Waals surface area contributed by atoms with Crippen molar-refractivity contribution in [2.24, 2.45) is 0 Å². The summed E-state index contributed by atoms with van der Waals surface area (Å²) in [5.41, 5.74) is 1.56. The van der Waals surface area contributed by atoms with Crippen LogP contribution in [0.4, 0.5) is 13.2 Å². The van der Waals surface area contributed by atoms with Gasteiger partial charge in [0, 0.05) is 0 Å². The van der Waals surface area contributed by atoms with E-state index in [1.807, 2.05) is 0 Å². The first-order chi connectivity index (χ1) is 12.9. The maximum Gasteiger partial charge on any atom is 0.200 e. The second-order valence-electron chi connectivity index (χ2n) is 7.22. The lowest BCUT2D eigenvalue weighted by Crippen LogP contribution is -2.15. The van der Waals surface area contributed by atoms with Crippen molar-refractivity contribution in [1.82, 2.24) is 0 Å². The number of hydrogen-bond acceptors (Lipinski definition) is 2. The molecule has 3 rings (SSSR count). The van der Waals surface area contributed by atoms with Crippen LogP contribution in [0, 0.1) is 17.5 Å². The number of rotatable bonds is 5. The second kappa shape index (κ2) is 8.34. The number of aliphatic hydroxyl groups excluding tert-OH is 1. The van der Waals surface area contributed by atoms with Gasteiger partial charge in [-0.3, -0.25) is 0 Å². The summed E-state index contributed by atoms with van der Waals surface area (Å²) < 4.78 is 48.1. The molecule has 0 aliphatic heterocycles. The molecule has 1 N–H and O–H groups in total. The second-order valence-corrected chi connectivity index (χ2v) is 7.22. The van der Waals surface area contributed by atoms with Crippen molar-refractivity contribution in [2.75, 3.05) is 6.61 Å². The molecule has 0 saturated heterocycles. The summed E-state index contributed by atoms with van der Waals surface area (Å²) in [7, 11) is 0. The molecule has 0 amide bonds. The quantitative estimate of drug-likeness (QED) is 0.692. The highest BCUT2D eigenvalue weighted by molar-refractivity contribution is 5.34. The summed E-state index contributed by atoms with van der Waals surface area (Å²) in [5, 5.41) is 9.57. The molecule has 27 heavy (non-hydrogen) atoms. The Labute approximate surface area is 158 Å². The Kier molecular flexibility index (Phi) is 6.10. The monoisotopic (exact) mass is 378 g/mol. The van der Waals surface area contributed by atoms with E-state index < -0.39 is 17.7 Å². The lowest BCUT2D eigenvalue weighted by atomic mass is 9.75. The first-order valence-corrected chi connectivity index (χ1v) is 9.50. The fourth-order valence-corrected chi connectivity index (χ4v) is 3.98. The van der Waals surface area contributed by atoms with Gasteiger partial charge in [-0.25, -0.2) is 8.78 Å². The number of hydrogen-bond donors (Lipinski definition) is 1. The van der Waals surface area contributed by atoms with Gasteiger partial charge in [-0.2, -0.15) is 4.39 Å². The molecule has 0 aromatic heterocycles. The Balaban J connectivity index is 1.72. The summed E-state index contributed by atoms with van der Waals surface area (Å²) in [6.07, 6.45) is 2.06. The molecule has 0 heterocycles. The fraction of sp³-hybridized carbons (Fsp3) is 0.455. The van der Waals surface area contributed by atoms with Gasteiger partial charge in [0.05, 0.1) is 12.7 Å². The predicted octanol–water partition coefficient (Wildman–Crippen LogP) is 6.00. The van der Waals surface area contributed by atoms with Crippen LogP contribution < -0.4 is 4.74 Å². The van der Waals surface area contributed by atoms with Gasteiger partial charge in [0.1, 0.15) is 5.82 Å². The van der Waals surface area contributed by atoms with Crippen molar-refractivity contribution < 1.29 is 23.0 Å². The van der Waals surface area contributed by atoms with Crippen LogP contribution >= 0.6 is 0 Å². The van der Waals surface area contributed by atoms with Crippen LogP contribution in [0.25, 0.3) is 0 Å². The Morgan fingerprint density at radius 1 is 0.963 bits per heavy atom. The van der Waals surface area contributed by atoms with E-state index in [0.717, 1.165) is 0 Å². The Morgan fingerprint density at radius 2 is 1.56 bits per heavy atom. The third kappa shape index (κ3) is 4.13. The molecular formula is C22H25F3O2. The molecular weight excluding hydrogens is 353 g/mol. The third-order valence-corrected chi connectivity index (χ3v) is 5.49. The van der Waals surface area contributed by atoms with Crippen molar-refractivity contribution in [1.29, 1.82) is 0 Å². The minimum absolute atomic E-state index is 0.0555. The van der Waals surface area contributed by atoms with E-state index in [2.05, 4.69) is 0 Å². The third-order valence-electron chi connectivity index (χ3n) is 5.49. The molecule has 0 bridgehead atoms. The standard InChI is InChI=1S/C22H25F3O2/c1-3-27-20-11-10-18(21(24)22(20)25)15-6-4-14(5-7-15)17-9-8-16(13(2)26)12-19(17)23/h8-15,26H,3-7H2,1-2H3. The van der Waals surface area contributed by atoms with Gasteiger partial charge >= 0.3 is 0 Å². The van der Waals surface area contributed by atoms with Gasteiger partial charge in [0.25, 0.3) is 0 Å². The van der Waals surface area contributed by atoms with Crippen molar-refractivity contribution >= 4 is 0 Å². The first-order valence-electron chi connectivity index (χ1n) is 9.50. The minimum atomic E-state index is -0.934. The fourth-order valence-electron chi connectivity index (χ4n) is 3.98. The average Bonchev–Trinajstić information content (AvgIpc) is 2.66. The van der Waals surface area contributed by atoms with E-state index in [9.17, 15) is 18.3 Å². The summed E-state index contributed by atoms with van der Waals surface area (Å²) >= 11 is 0. The SMILES string of the molecule is CCOc1ccc(C2CCC(c3ccc(C(C)O)cc3F)CC2)c(F)c1F. The highest BCUT2D eigenvalue weighted by atomic mass is 19.2. The lowest BCUT2D eigenvalue weighted by molar-refractivity contribution is 0.198. The van der Waals surface area contributed by atoms with Gasteiger partial charge < -0.3 is 9.84 Å². The van der Waals surface area contributed by atoms with E-state index in [1.54, 1.807) is 32.0 Å². The van der Waals surface area contributed by atoms with Gasteiger partial charge in [0.15, 0.2) is 11.6 Å². The summed E-state index contributed by atoms with van der Waals surface area (Å²) in [6, 6.07) is 7.95. The molecule has 1 aliphatic rings. The Hall–Kier alpha value is -2.01. The van der Waals surface area contributed by atoms with Crippen LogP contribution in [0.15, 0.2) is 30.3 Å². The van der Waals surface area contributed by atoms with Crippen LogP contribution in [0.2, 0.25) is 0 Å². The van der Waals surface area contributed by atoms with Crippen molar-refractivity contribution in [3.63, 3.8) is 0 Å². The first kappa shape index (κ1) is 19.7. The van der Waals surface area contributed by atoms with Crippen LogP contribution in [0.3, 0.4) is 0 Å². The zero-order chi connectivity index (χ0) is 19.6. The van der Waals surface area contributed by atoms with Crippen molar-refractivity contribution in [2.45, 2.75) is 57.5 Å². The van der Waals surface area contributed by atoms with E-state index in [-0.39, 0.29) is 30.0 Å². The van der Waals surface area contributed by atoms with Gasteiger partial charge in [-0.05, 0) is 80.2 Å². The zero-order valence-corrected chi connectivity index (χ0v) is 15.6. The minimum Gasteiger partial charge on any atom is -0.491 e.